The number of ether oxygens (including phenoxy) is 2. The second-order valence-electron chi connectivity index (χ2n) is 20.2. The summed E-state index contributed by atoms with van der Waals surface area (Å²) in [5.74, 6) is 3.88. The van der Waals surface area contributed by atoms with Crippen molar-refractivity contribution < 1.29 is 19.1 Å². The molecule has 0 radical (unpaired) electrons. The van der Waals surface area contributed by atoms with Crippen molar-refractivity contribution >= 4 is 46.2 Å². The van der Waals surface area contributed by atoms with Gasteiger partial charge >= 0.3 is 0 Å². The van der Waals surface area contributed by atoms with E-state index in [2.05, 4.69) is 107 Å². The van der Waals surface area contributed by atoms with E-state index in [-0.39, 0.29) is 35.9 Å². The summed E-state index contributed by atoms with van der Waals surface area (Å²) in [6.07, 6.45) is 16.9. The molecule has 2 unspecified atom stereocenters. The van der Waals surface area contributed by atoms with Gasteiger partial charge in [-0.2, -0.15) is 0 Å². The van der Waals surface area contributed by atoms with Gasteiger partial charge in [0.2, 0.25) is 11.8 Å². The molecule has 352 valence electrons. The molecule has 66 heavy (non-hydrogen) atoms. The number of hydrogen-bond donors (Lipinski definition) is 2. The van der Waals surface area contributed by atoms with Gasteiger partial charge in [0.15, 0.2) is 0 Å². The van der Waals surface area contributed by atoms with E-state index in [1.54, 1.807) is 26.6 Å². The number of amides is 2. The van der Waals surface area contributed by atoms with Crippen LogP contribution in [0.25, 0.3) is 0 Å². The zero-order chi connectivity index (χ0) is 45.9. The van der Waals surface area contributed by atoms with Crippen molar-refractivity contribution in [3.8, 4) is 0 Å². The van der Waals surface area contributed by atoms with Crippen LogP contribution in [-0.2, 0) is 45.2 Å². The maximum absolute atomic E-state index is 13.8. The van der Waals surface area contributed by atoms with E-state index in [1.807, 2.05) is 21.9 Å². The van der Waals surface area contributed by atoms with E-state index in [9.17, 15) is 9.59 Å². The molecule has 2 atom stereocenters. The number of nitrogens with one attached hydrogen (secondary N) is 2. The molecule has 2 aromatic carbocycles. The predicted octanol–water partition coefficient (Wildman–Crippen LogP) is 10.2. The molecule has 12 nitrogen and oxygen atoms in total. The average molecular weight is 897 g/mol. The van der Waals surface area contributed by atoms with Crippen molar-refractivity contribution in [1.29, 1.82) is 0 Å². The number of hydrogen-bond acceptors (Lipinski definition) is 10. The lowest BCUT2D eigenvalue weighted by molar-refractivity contribution is -0.125. The number of anilines is 6. The Hall–Kier alpha value is -4.88. The number of carbonyl (C=O) groups excluding carboxylic acids is 2. The fourth-order valence-electron chi connectivity index (χ4n) is 10.8. The van der Waals surface area contributed by atoms with Gasteiger partial charge in [0.05, 0.1) is 48.0 Å². The number of rotatable bonds is 12. The highest BCUT2D eigenvalue weighted by molar-refractivity contribution is 6.00. The van der Waals surface area contributed by atoms with Crippen LogP contribution in [0.1, 0.15) is 113 Å². The molecule has 2 aliphatic heterocycles. The summed E-state index contributed by atoms with van der Waals surface area (Å²) in [7, 11) is 7.97. The smallest absolute Gasteiger partial charge is 0.230 e. The van der Waals surface area contributed by atoms with Crippen molar-refractivity contribution in [3.63, 3.8) is 0 Å². The maximum Gasteiger partial charge on any atom is 0.230 e. The van der Waals surface area contributed by atoms with Crippen LogP contribution in [0, 0.1) is 23.7 Å². The lowest BCUT2D eigenvalue weighted by atomic mass is 9.86. The molecule has 0 spiro atoms. The number of benzene rings is 2. The molecular formula is C54H72N8O4. The average Bonchev–Trinajstić information content (AvgIpc) is 4.27. The molecule has 6 aliphatic rings. The van der Waals surface area contributed by atoms with Gasteiger partial charge < -0.3 is 29.9 Å². The fourth-order valence-corrected chi connectivity index (χ4v) is 10.8. The summed E-state index contributed by atoms with van der Waals surface area (Å²) in [4.78, 5) is 45.7. The van der Waals surface area contributed by atoms with Crippen molar-refractivity contribution in [2.75, 3.05) is 48.7 Å². The van der Waals surface area contributed by atoms with Crippen molar-refractivity contribution in [2.45, 2.75) is 141 Å². The van der Waals surface area contributed by atoms with E-state index in [0.29, 0.717) is 25.2 Å². The van der Waals surface area contributed by atoms with Crippen LogP contribution in [-0.4, -0.2) is 84.2 Å². The number of fused-ring (bicyclic) bond motifs is 4. The summed E-state index contributed by atoms with van der Waals surface area (Å²) in [5, 5.41) is 7.00. The van der Waals surface area contributed by atoms with Gasteiger partial charge in [0.1, 0.15) is 11.6 Å². The zero-order valence-electron chi connectivity index (χ0n) is 40.2. The first-order valence-corrected chi connectivity index (χ1v) is 24.8. The van der Waals surface area contributed by atoms with E-state index in [4.69, 9.17) is 9.47 Å². The molecule has 4 aliphatic carbocycles. The summed E-state index contributed by atoms with van der Waals surface area (Å²) >= 11 is 0. The molecule has 4 saturated carbocycles. The monoisotopic (exact) mass is 897 g/mol. The molecule has 4 fully saturated rings. The summed E-state index contributed by atoms with van der Waals surface area (Å²) in [6.45, 7) is 7.52. The summed E-state index contributed by atoms with van der Waals surface area (Å²) < 4.78 is 11.1. The van der Waals surface area contributed by atoms with Crippen molar-refractivity contribution in [1.82, 2.24) is 19.8 Å². The Morgan fingerprint density at radius 2 is 1.00 bits per heavy atom. The molecular weight excluding hydrogens is 825 g/mol. The minimum Gasteiger partial charge on any atom is -0.381 e. The molecule has 12 heteroatoms. The third-order valence-electron chi connectivity index (χ3n) is 15.8. The third kappa shape index (κ3) is 10.6. The highest BCUT2D eigenvalue weighted by atomic mass is 16.5. The van der Waals surface area contributed by atoms with Crippen LogP contribution in [0.2, 0.25) is 0 Å². The van der Waals surface area contributed by atoms with Gasteiger partial charge in [-0.05, 0) is 164 Å². The molecule has 0 bridgehead atoms. The first-order chi connectivity index (χ1) is 32.1. The van der Waals surface area contributed by atoms with Crippen molar-refractivity contribution in [3.05, 3.63) is 95.3 Å². The Morgan fingerprint density at radius 1 is 0.606 bits per heavy atom. The quantitative estimate of drug-likeness (QED) is 0.142. The van der Waals surface area contributed by atoms with Crippen LogP contribution >= 0.6 is 0 Å². The Bertz CT molecular complexity index is 2160. The molecule has 4 aromatic rings. The van der Waals surface area contributed by atoms with Gasteiger partial charge in [-0.15, -0.1) is 0 Å². The SMILES string of the molecule is COC1CCC(C(=O)N2Cc3cccnc3Nc3ccc(CN(C)C(C)C4CC4)cc32)CC1.COC1CCC(C(=O)N2Cc3cccnc3Nc3ccc(CN(C)C(C)C4CC4)cc32)CC1. The van der Waals surface area contributed by atoms with Gasteiger partial charge in [0.25, 0.3) is 0 Å². The van der Waals surface area contributed by atoms with Crippen LogP contribution < -0.4 is 20.4 Å². The minimum atomic E-state index is 0.0451. The number of methoxy groups -OCH3 is 2. The summed E-state index contributed by atoms with van der Waals surface area (Å²) in [5.41, 5.74) is 8.42. The van der Waals surface area contributed by atoms with Crippen molar-refractivity contribution in [2.24, 2.45) is 23.7 Å². The van der Waals surface area contributed by atoms with Gasteiger partial charge in [0, 0.05) is 74.7 Å². The topological polar surface area (TPSA) is 115 Å². The standard InChI is InChI=1S/2C27H36N4O2/c2*1-18(20-7-8-20)30(2)16-19-6-13-24-25(15-19)31(17-22-5-4-14-28-26(22)29-24)27(32)21-9-11-23(33-3)12-10-21/h2*4-6,13-15,18,20-21,23H,7-12,16-17H2,1-3H3,(H,28,29). The lowest BCUT2D eigenvalue weighted by Gasteiger charge is -2.32. The third-order valence-corrected chi connectivity index (χ3v) is 15.8. The number of pyridine rings is 2. The van der Waals surface area contributed by atoms with E-state index >= 15 is 0 Å². The van der Waals surface area contributed by atoms with E-state index in [1.165, 1.54) is 36.8 Å². The highest BCUT2D eigenvalue weighted by Gasteiger charge is 2.36. The molecule has 2 aromatic heterocycles. The highest BCUT2D eigenvalue weighted by Crippen LogP contribution is 2.42. The second kappa shape index (κ2) is 20.6. The first kappa shape index (κ1) is 46.2. The Balaban J connectivity index is 0.000000166. The molecule has 2 amide bonds. The Kier molecular flexibility index (Phi) is 14.4. The second-order valence-corrected chi connectivity index (χ2v) is 20.2. The van der Waals surface area contributed by atoms with Crippen LogP contribution in [0.15, 0.2) is 73.1 Å². The van der Waals surface area contributed by atoms with Gasteiger partial charge in [-0.1, -0.05) is 24.3 Å². The van der Waals surface area contributed by atoms with Gasteiger partial charge in [-0.3, -0.25) is 19.4 Å². The predicted molar refractivity (Wildman–Crippen MR) is 263 cm³/mol. The van der Waals surface area contributed by atoms with E-state index in [0.717, 1.165) is 122 Å². The van der Waals surface area contributed by atoms with E-state index < -0.39 is 0 Å². The van der Waals surface area contributed by atoms with Crippen LogP contribution in [0.3, 0.4) is 0 Å². The Morgan fingerprint density at radius 3 is 1.36 bits per heavy atom. The van der Waals surface area contributed by atoms with Crippen LogP contribution in [0.5, 0.6) is 0 Å². The van der Waals surface area contributed by atoms with Crippen LogP contribution in [0.4, 0.5) is 34.4 Å². The zero-order valence-corrected chi connectivity index (χ0v) is 40.2. The molecule has 4 heterocycles. The number of aromatic nitrogens is 2. The largest absolute Gasteiger partial charge is 0.381 e. The molecule has 10 rings (SSSR count). The summed E-state index contributed by atoms with van der Waals surface area (Å²) in [6, 6.07) is 22.2. The molecule has 0 saturated heterocycles. The number of nitrogens with zero attached hydrogens (tertiary/aromatic N) is 6. The normalized spacial score (nSPS) is 23.3. The first-order valence-electron chi connectivity index (χ1n) is 24.8. The Labute approximate surface area is 392 Å². The number of carbonyl (C=O) groups is 2. The molecule has 2 N–H and O–H groups in total. The maximum atomic E-state index is 13.8. The minimum absolute atomic E-state index is 0.0451. The fraction of sp³-hybridized carbons (Fsp3) is 0.556. The lowest BCUT2D eigenvalue weighted by Crippen LogP contribution is -2.38. The van der Waals surface area contributed by atoms with Gasteiger partial charge in [-0.25, -0.2) is 9.97 Å².